The van der Waals surface area contributed by atoms with Crippen molar-refractivity contribution in [1.82, 2.24) is 9.80 Å². The maximum Gasteiger partial charge on any atom is 0.232 e. The zero-order valence-electron chi connectivity index (χ0n) is 16.6. The van der Waals surface area contributed by atoms with Gasteiger partial charge in [0.25, 0.3) is 0 Å². The van der Waals surface area contributed by atoms with Crippen molar-refractivity contribution in [3.8, 4) is 0 Å². The number of primary amides is 1. The van der Waals surface area contributed by atoms with Crippen LogP contribution in [0.25, 0.3) is 0 Å². The van der Waals surface area contributed by atoms with Crippen LogP contribution in [0.5, 0.6) is 0 Å². The van der Waals surface area contributed by atoms with Gasteiger partial charge in [0.1, 0.15) is 5.41 Å². The Hall–Kier alpha value is -2.17. The van der Waals surface area contributed by atoms with E-state index in [1.165, 1.54) is 25.9 Å². The van der Waals surface area contributed by atoms with E-state index in [2.05, 4.69) is 34.1 Å². The summed E-state index contributed by atoms with van der Waals surface area (Å²) in [4.78, 5) is 18.2. The molecule has 0 spiro atoms. The second-order valence-corrected chi connectivity index (χ2v) is 8.24. The van der Waals surface area contributed by atoms with Gasteiger partial charge in [0.15, 0.2) is 0 Å². The van der Waals surface area contributed by atoms with Gasteiger partial charge < -0.3 is 15.5 Å². The molecule has 2 fully saturated rings. The lowest BCUT2D eigenvalue weighted by Gasteiger charge is -2.37. The predicted molar refractivity (Wildman–Crippen MR) is 113 cm³/mol. The maximum absolute atomic E-state index is 13.1. The summed E-state index contributed by atoms with van der Waals surface area (Å²) in [6, 6.07) is 20.3. The molecule has 4 heteroatoms. The smallest absolute Gasteiger partial charge is 0.232 e. The van der Waals surface area contributed by atoms with Crippen molar-refractivity contribution < 1.29 is 4.79 Å². The summed E-state index contributed by atoms with van der Waals surface area (Å²) in [6.45, 7) is 6.63. The summed E-state index contributed by atoms with van der Waals surface area (Å²) in [7, 11) is 0. The highest BCUT2D eigenvalue weighted by Gasteiger charge is 2.49. The maximum atomic E-state index is 13.1. The first-order valence-corrected chi connectivity index (χ1v) is 10.6. The van der Waals surface area contributed by atoms with E-state index in [1.54, 1.807) is 0 Å². The number of amides is 1. The van der Waals surface area contributed by atoms with E-state index in [0.717, 1.165) is 43.7 Å². The molecule has 4 nitrogen and oxygen atoms in total. The first-order chi connectivity index (χ1) is 13.7. The molecule has 2 aromatic carbocycles. The number of nitrogens with two attached hydrogens (primary N) is 1. The van der Waals surface area contributed by atoms with Crippen LogP contribution in [0.1, 0.15) is 30.4 Å². The van der Waals surface area contributed by atoms with Gasteiger partial charge in [-0.25, -0.2) is 0 Å². The molecule has 2 saturated heterocycles. The number of likely N-dealkylation sites (tertiary alicyclic amines) is 2. The van der Waals surface area contributed by atoms with Crippen LogP contribution in [0.15, 0.2) is 60.7 Å². The molecule has 28 heavy (non-hydrogen) atoms. The molecule has 2 aromatic rings. The Balaban J connectivity index is 1.62. The largest absolute Gasteiger partial charge is 0.369 e. The van der Waals surface area contributed by atoms with Crippen LogP contribution in [0.2, 0.25) is 0 Å². The number of rotatable bonds is 7. The van der Waals surface area contributed by atoms with Crippen molar-refractivity contribution >= 4 is 5.91 Å². The second-order valence-electron chi connectivity index (χ2n) is 8.24. The minimum absolute atomic E-state index is 0.188. The van der Waals surface area contributed by atoms with Crippen LogP contribution in [-0.2, 0) is 10.2 Å². The molecule has 2 heterocycles. The van der Waals surface area contributed by atoms with E-state index in [4.69, 9.17) is 5.73 Å². The number of benzene rings is 2. The molecule has 0 aromatic heterocycles. The van der Waals surface area contributed by atoms with E-state index in [-0.39, 0.29) is 11.8 Å². The summed E-state index contributed by atoms with van der Waals surface area (Å²) < 4.78 is 0. The van der Waals surface area contributed by atoms with Gasteiger partial charge >= 0.3 is 0 Å². The average Bonchev–Trinajstić information content (AvgIpc) is 3.41. The molecule has 1 amide bonds. The monoisotopic (exact) mass is 377 g/mol. The fourth-order valence-corrected chi connectivity index (χ4v) is 5.20. The normalized spacial score (nSPS) is 21.2. The highest BCUT2D eigenvalue weighted by atomic mass is 16.1. The Labute approximate surface area is 168 Å². The fourth-order valence-electron chi connectivity index (χ4n) is 5.20. The van der Waals surface area contributed by atoms with Gasteiger partial charge in [0, 0.05) is 19.6 Å². The molecular weight excluding hydrogens is 346 g/mol. The zero-order chi connectivity index (χ0) is 19.4. The fraction of sp³-hybridized carbons (Fsp3) is 0.458. The minimum atomic E-state index is -0.773. The lowest BCUT2D eigenvalue weighted by molar-refractivity contribution is -0.123. The first kappa shape index (κ1) is 19.2. The third-order valence-electron chi connectivity index (χ3n) is 6.66. The van der Waals surface area contributed by atoms with E-state index in [1.807, 2.05) is 36.4 Å². The average molecular weight is 378 g/mol. The minimum Gasteiger partial charge on any atom is -0.369 e. The van der Waals surface area contributed by atoms with Crippen molar-refractivity contribution in [3.63, 3.8) is 0 Å². The van der Waals surface area contributed by atoms with E-state index < -0.39 is 5.41 Å². The van der Waals surface area contributed by atoms with E-state index >= 15 is 0 Å². The van der Waals surface area contributed by atoms with Crippen molar-refractivity contribution in [1.29, 1.82) is 0 Å². The van der Waals surface area contributed by atoms with Crippen LogP contribution in [0.4, 0.5) is 0 Å². The molecule has 148 valence electrons. The second kappa shape index (κ2) is 8.46. The SMILES string of the molecule is NC(=O)C(c1ccccc1)(c1ccccc1)C1CCN(CCN2CCCC2)C1. The Morgan fingerprint density at radius 3 is 1.93 bits per heavy atom. The van der Waals surface area contributed by atoms with Gasteiger partial charge in [0.05, 0.1) is 0 Å². The van der Waals surface area contributed by atoms with Gasteiger partial charge in [-0.05, 0) is 55.9 Å². The summed E-state index contributed by atoms with van der Waals surface area (Å²) in [5, 5.41) is 0. The molecule has 0 saturated carbocycles. The molecular formula is C24H31N3O. The number of carbonyl (C=O) groups excluding carboxylic acids is 1. The topological polar surface area (TPSA) is 49.6 Å². The Bertz CT molecular complexity index is 731. The standard InChI is InChI=1S/C24H31N3O/c25-23(28)24(20-9-3-1-4-10-20,21-11-5-2-6-12-21)22-13-16-27(19-22)18-17-26-14-7-8-15-26/h1-6,9-12,22H,7-8,13-19H2,(H2,25,28). The van der Waals surface area contributed by atoms with Crippen molar-refractivity contribution in [2.45, 2.75) is 24.7 Å². The van der Waals surface area contributed by atoms with Gasteiger partial charge in [-0.1, -0.05) is 60.7 Å². The summed E-state index contributed by atoms with van der Waals surface area (Å²) in [5.41, 5.74) is 7.42. The summed E-state index contributed by atoms with van der Waals surface area (Å²) >= 11 is 0. The third kappa shape index (κ3) is 3.59. The lowest BCUT2D eigenvalue weighted by Crippen LogP contribution is -2.49. The number of hydrogen-bond donors (Lipinski definition) is 1. The molecule has 2 aliphatic rings. The molecule has 2 N–H and O–H groups in total. The molecule has 1 unspecified atom stereocenters. The van der Waals surface area contributed by atoms with Crippen LogP contribution in [0, 0.1) is 5.92 Å². The predicted octanol–water partition coefficient (Wildman–Crippen LogP) is 2.88. The lowest BCUT2D eigenvalue weighted by atomic mass is 9.64. The number of hydrogen-bond acceptors (Lipinski definition) is 3. The highest BCUT2D eigenvalue weighted by molar-refractivity contribution is 5.91. The molecule has 1 atom stereocenters. The first-order valence-electron chi connectivity index (χ1n) is 10.6. The van der Waals surface area contributed by atoms with Crippen molar-refractivity contribution in [2.75, 3.05) is 39.3 Å². The van der Waals surface area contributed by atoms with Crippen molar-refractivity contribution in [3.05, 3.63) is 71.8 Å². The van der Waals surface area contributed by atoms with Gasteiger partial charge in [-0.15, -0.1) is 0 Å². The Morgan fingerprint density at radius 1 is 0.857 bits per heavy atom. The summed E-state index contributed by atoms with van der Waals surface area (Å²) in [5.74, 6) is -0.0512. The molecule has 2 aliphatic heterocycles. The molecule has 0 bridgehead atoms. The quantitative estimate of drug-likeness (QED) is 0.807. The van der Waals surface area contributed by atoms with E-state index in [0.29, 0.717) is 0 Å². The number of carbonyl (C=O) groups is 1. The third-order valence-corrected chi connectivity index (χ3v) is 6.66. The number of nitrogens with zero attached hydrogens (tertiary/aromatic N) is 2. The Morgan fingerprint density at radius 2 is 1.39 bits per heavy atom. The molecule has 0 radical (unpaired) electrons. The van der Waals surface area contributed by atoms with Crippen LogP contribution in [0.3, 0.4) is 0 Å². The van der Waals surface area contributed by atoms with Gasteiger partial charge in [-0.3, -0.25) is 4.79 Å². The van der Waals surface area contributed by atoms with Crippen LogP contribution >= 0.6 is 0 Å². The van der Waals surface area contributed by atoms with Crippen LogP contribution in [-0.4, -0.2) is 55.0 Å². The van der Waals surface area contributed by atoms with E-state index in [9.17, 15) is 4.79 Å². The highest BCUT2D eigenvalue weighted by Crippen LogP contribution is 2.43. The Kier molecular flexibility index (Phi) is 5.79. The van der Waals surface area contributed by atoms with Crippen LogP contribution < -0.4 is 5.73 Å². The van der Waals surface area contributed by atoms with Gasteiger partial charge in [-0.2, -0.15) is 0 Å². The summed E-state index contributed by atoms with van der Waals surface area (Å²) in [6.07, 6.45) is 3.65. The van der Waals surface area contributed by atoms with Gasteiger partial charge in [0.2, 0.25) is 5.91 Å². The molecule has 4 rings (SSSR count). The molecule has 0 aliphatic carbocycles. The zero-order valence-corrected chi connectivity index (χ0v) is 16.6. The van der Waals surface area contributed by atoms with Crippen molar-refractivity contribution in [2.24, 2.45) is 11.7 Å².